The van der Waals surface area contributed by atoms with E-state index in [1.165, 1.54) is 12.8 Å². The highest BCUT2D eigenvalue weighted by atomic mass is 15.5. The van der Waals surface area contributed by atoms with Crippen molar-refractivity contribution in [1.29, 1.82) is 0 Å². The minimum absolute atomic E-state index is 0.431. The van der Waals surface area contributed by atoms with Crippen LogP contribution >= 0.6 is 0 Å². The highest BCUT2D eigenvalue weighted by Gasteiger charge is 2.84. The summed E-state index contributed by atoms with van der Waals surface area (Å²) in [5, 5.41) is 0. The van der Waals surface area contributed by atoms with Gasteiger partial charge in [0.25, 0.3) is 0 Å². The minimum atomic E-state index is 0.431. The number of hydrogen-bond acceptors (Lipinski definition) is 4. The Hall–Kier alpha value is -0.0301. The van der Waals surface area contributed by atoms with Crippen molar-refractivity contribution in [2.24, 2.45) is 70.0 Å². The van der Waals surface area contributed by atoms with Gasteiger partial charge in [-0.1, -0.05) is 67.2 Å². The van der Waals surface area contributed by atoms with Crippen molar-refractivity contribution in [1.82, 2.24) is 19.6 Å². The second kappa shape index (κ2) is 11.4. The summed E-state index contributed by atoms with van der Waals surface area (Å²) < 4.78 is 0. The van der Waals surface area contributed by atoms with Crippen molar-refractivity contribution >= 4 is 13.4 Å². The molecule has 4 nitrogen and oxygen atoms in total. The summed E-state index contributed by atoms with van der Waals surface area (Å²) in [6.45, 7) is 18.3. The maximum atomic E-state index is 3.71. The largest absolute Gasteiger partial charge is 0.292 e. The van der Waals surface area contributed by atoms with Gasteiger partial charge in [0.15, 0.2) is 13.4 Å². The molecule has 17 rings (SSSR count). The highest BCUT2D eigenvalue weighted by molar-refractivity contribution is 6.67. The molecule has 0 aromatic rings. The highest BCUT2D eigenvalue weighted by Crippen LogP contribution is 2.79. The number of piperidine rings is 2. The Bertz CT molecular complexity index is 1750. The van der Waals surface area contributed by atoms with Crippen LogP contribution in [0.15, 0.2) is 0 Å². The molecule has 0 spiro atoms. The Morgan fingerprint density at radius 1 is 0.317 bits per heavy atom. The Kier molecular flexibility index (Phi) is 6.85. The van der Waals surface area contributed by atoms with Crippen molar-refractivity contribution in [3.8, 4) is 0 Å². The Morgan fingerprint density at radius 3 is 1.18 bits per heavy atom. The van der Waals surface area contributed by atoms with E-state index in [1.807, 2.05) is 0 Å². The summed E-state index contributed by atoms with van der Waals surface area (Å²) in [7, 11) is 0. The molecular formula is C54H82B2N4. The first kappa shape index (κ1) is 36.1. The topological polar surface area (TPSA) is 13.0 Å². The third-order valence-electron chi connectivity index (χ3n) is 26.8. The van der Waals surface area contributed by atoms with Crippen LogP contribution in [0, 0.1) is 70.0 Å². The lowest BCUT2D eigenvalue weighted by Gasteiger charge is -2.86. The molecule has 0 bridgehead atoms. The molecule has 0 aromatic heterocycles. The van der Waals surface area contributed by atoms with Gasteiger partial charge in [-0.05, 0) is 195 Å². The van der Waals surface area contributed by atoms with E-state index in [9.17, 15) is 0 Å². The zero-order valence-electron chi connectivity index (χ0n) is 38.8. The van der Waals surface area contributed by atoms with Crippen molar-refractivity contribution in [2.75, 3.05) is 0 Å². The van der Waals surface area contributed by atoms with Crippen LogP contribution < -0.4 is 0 Å². The third kappa shape index (κ3) is 3.89. The summed E-state index contributed by atoms with van der Waals surface area (Å²) in [5.41, 5.74) is 0.863. The van der Waals surface area contributed by atoms with Gasteiger partial charge in [-0.3, -0.25) is 19.6 Å². The SMILES string of the molecule is CC(C)(C)C1CCC2C3B4C5C(CC31)C(C(C)(C)C)CCC5N1C3CCCC5CC6CCC7CC8CCC9CC%10CCCC%11C%10N%10C9C8B8C7C6N(C53)C3C8C%10C(C4C31)N2%11. The van der Waals surface area contributed by atoms with Gasteiger partial charge in [0.2, 0.25) is 0 Å². The Morgan fingerprint density at radius 2 is 0.717 bits per heavy atom. The van der Waals surface area contributed by atoms with Gasteiger partial charge < -0.3 is 0 Å². The first-order valence-electron chi connectivity index (χ1n) is 28.2. The molecule has 324 valence electrons. The predicted molar refractivity (Wildman–Crippen MR) is 244 cm³/mol. The summed E-state index contributed by atoms with van der Waals surface area (Å²) in [5.74, 6) is 16.0. The van der Waals surface area contributed by atoms with Crippen molar-refractivity contribution in [3.05, 3.63) is 0 Å². The van der Waals surface area contributed by atoms with Gasteiger partial charge >= 0.3 is 0 Å². The van der Waals surface area contributed by atoms with Crippen LogP contribution in [-0.2, 0) is 0 Å². The molecular weight excluding hydrogens is 726 g/mol. The van der Waals surface area contributed by atoms with Gasteiger partial charge in [0, 0.05) is 72.5 Å². The normalized spacial score (nSPS) is 64.3. The van der Waals surface area contributed by atoms with E-state index in [1.54, 1.807) is 103 Å². The van der Waals surface area contributed by atoms with Crippen LogP contribution in [0.4, 0.5) is 0 Å². The van der Waals surface area contributed by atoms with E-state index < -0.39 is 0 Å². The molecule has 7 saturated carbocycles. The maximum Gasteiger partial charge on any atom is 0.157 e. The van der Waals surface area contributed by atoms with Crippen LogP contribution in [0.5, 0.6) is 0 Å². The molecule has 0 N–H and O–H groups in total. The minimum Gasteiger partial charge on any atom is -0.292 e. The molecule has 26 unspecified atom stereocenters. The monoisotopic (exact) mass is 809 g/mol. The third-order valence-corrected chi connectivity index (χ3v) is 26.8. The fourth-order valence-corrected chi connectivity index (χ4v) is 26.9. The van der Waals surface area contributed by atoms with Crippen molar-refractivity contribution in [2.45, 2.75) is 265 Å². The van der Waals surface area contributed by atoms with Crippen molar-refractivity contribution in [3.63, 3.8) is 0 Å². The molecule has 10 aliphatic heterocycles. The van der Waals surface area contributed by atoms with Gasteiger partial charge in [-0.15, -0.1) is 0 Å². The lowest BCUT2D eigenvalue weighted by atomic mass is 9.09. The second-order valence-corrected chi connectivity index (χ2v) is 29.5. The molecule has 17 aliphatic rings. The number of piperazine rings is 2. The van der Waals surface area contributed by atoms with Crippen LogP contribution in [0.1, 0.15) is 157 Å². The van der Waals surface area contributed by atoms with Gasteiger partial charge in [-0.25, -0.2) is 0 Å². The predicted octanol–water partition coefficient (Wildman–Crippen LogP) is 10.3. The summed E-state index contributed by atoms with van der Waals surface area (Å²) in [4.78, 5) is 14.8. The lowest BCUT2D eigenvalue weighted by Crippen LogP contribution is -2.95. The number of hydrogen-bond donors (Lipinski definition) is 0. The Labute approximate surface area is 366 Å². The number of rotatable bonds is 0. The fraction of sp³-hybridized carbons (Fsp3) is 1.00. The zero-order chi connectivity index (χ0) is 39.4. The van der Waals surface area contributed by atoms with Crippen molar-refractivity contribution < 1.29 is 0 Å². The molecule has 10 heterocycles. The van der Waals surface area contributed by atoms with Gasteiger partial charge in [0.05, 0.1) is 0 Å². The van der Waals surface area contributed by atoms with Crippen LogP contribution in [-0.4, -0.2) is 106 Å². The van der Waals surface area contributed by atoms with E-state index in [4.69, 9.17) is 0 Å². The van der Waals surface area contributed by atoms with E-state index in [-0.39, 0.29) is 0 Å². The van der Waals surface area contributed by atoms with Crippen LogP contribution in [0.25, 0.3) is 0 Å². The second-order valence-electron chi connectivity index (χ2n) is 29.5. The first-order chi connectivity index (χ1) is 29.1. The molecule has 7 aliphatic carbocycles. The zero-order valence-corrected chi connectivity index (χ0v) is 38.8. The molecule has 6 heteroatoms. The smallest absolute Gasteiger partial charge is 0.157 e. The number of nitrogens with zero attached hydrogens (tertiary/aromatic N) is 4. The summed E-state index contributed by atoms with van der Waals surface area (Å²) in [6, 6.07) is 10.9. The summed E-state index contributed by atoms with van der Waals surface area (Å²) in [6.07, 6.45) is 28.6. The molecule has 0 aromatic carbocycles. The lowest BCUT2D eigenvalue weighted by molar-refractivity contribution is -0.259. The van der Waals surface area contributed by atoms with E-state index in [2.05, 4.69) is 61.1 Å². The molecule has 10 saturated heterocycles. The Balaban J connectivity index is 0.950. The first-order valence-corrected chi connectivity index (χ1v) is 28.2. The molecule has 17 fully saturated rings. The summed E-state index contributed by atoms with van der Waals surface area (Å²) >= 11 is 0. The van der Waals surface area contributed by atoms with Crippen LogP contribution in [0.2, 0.25) is 34.9 Å². The number of fused-ring (bicyclic) bond motifs is 4. The molecule has 26 atom stereocenters. The van der Waals surface area contributed by atoms with Crippen LogP contribution in [0.3, 0.4) is 0 Å². The van der Waals surface area contributed by atoms with Gasteiger partial charge in [0.1, 0.15) is 0 Å². The molecule has 0 amide bonds. The molecule has 0 radical (unpaired) electrons. The quantitative estimate of drug-likeness (QED) is 0.226. The average molecular weight is 809 g/mol. The van der Waals surface area contributed by atoms with E-state index in [0.29, 0.717) is 10.8 Å². The maximum absolute atomic E-state index is 3.71. The fourth-order valence-electron chi connectivity index (χ4n) is 26.9. The van der Waals surface area contributed by atoms with E-state index in [0.717, 1.165) is 180 Å². The standard InChI is InChI=1S/C54H82B2N4/c1-53(2,3)33-17-19-35-41-31(33)24-32-34(54(4,5)6)18-20-36-42(32)56(41)43-49-51-44-52-50(43)58(36)38-12-8-10-28-23-30-16-14-26-21-25-13-15-29-22-27-9-7-11-37(57(35)49)45(27)59(51)47(29)39(25)55(44)40(26)48(30)60(52)46(28)38/h25-52H,7-24H2,1-6H3. The van der Waals surface area contributed by atoms with Gasteiger partial charge in [-0.2, -0.15) is 0 Å². The van der Waals surface area contributed by atoms with E-state index >= 15 is 0 Å². The average Bonchev–Trinajstić information content (AvgIpc) is 3.23. The molecule has 60 heavy (non-hydrogen) atoms.